The van der Waals surface area contributed by atoms with Crippen molar-refractivity contribution in [3.05, 3.63) is 34.9 Å². The molecule has 3 N–H and O–H groups in total. The lowest BCUT2D eigenvalue weighted by atomic mass is 9.92. The summed E-state index contributed by atoms with van der Waals surface area (Å²) >= 11 is 5.98. The molecule has 1 saturated carbocycles. The van der Waals surface area contributed by atoms with E-state index in [1.54, 1.807) is 24.3 Å². The molecule has 1 saturated heterocycles. The zero-order chi connectivity index (χ0) is 16.3. The molecule has 0 bridgehead atoms. The number of hydrogen-bond donors (Lipinski definition) is 3. The molecule has 2 fully saturated rings. The van der Waals surface area contributed by atoms with Crippen molar-refractivity contribution < 1.29 is 9.59 Å². The number of carbonyl (C=O) groups excluding carboxylic acids is 2. The van der Waals surface area contributed by atoms with Gasteiger partial charge in [-0.2, -0.15) is 0 Å². The topological polar surface area (TPSA) is 70.2 Å². The number of amides is 2. The Balaban J connectivity index is 0.00000208. The second kappa shape index (κ2) is 8.19. The zero-order valence-electron chi connectivity index (χ0n) is 13.4. The highest BCUT2D eigenvalue weighted by Gasteiger charge is 2.57. The van der Waals surface area contributed by atoms with E-state index < -0.39 is 0 Å². The first kappa shape index (κ1) is 19.0. The molecule has 1 heterocycles. The smallest absolute Gasteiger partial charge is 0.252 e. The van der Waals surface area contributed by atoms with E-state index in [2.05, 4.69) is 16.0 Å². The maximum Gasteiger partial charge on any atom is 0.252 e. The Morgan fingerprint density at radius 3 is 2.54 bits per heavy atom. The average Bonchev–Trinajstić information content (AvgIpc) is 3.25. The lowest BCUT2D eigenvalue weighted by molar-refractivity contribution is -0.123. The highest BCUT2D eigenvalue weighted by molar-refractivity contribution is 6.33. The Labute approximate surface area is 153 Å². The summed E-state index contributed by atoms with van der Waals surface area (Å²) in [6.07, 6.45) is 3.19. The molecule has 1 atom stereocenters. The minimum Gasteiger partial charge on any atom is -0.354 e. The van der Waals surface area contributed by atoms with Gasteiger partial charge in [0.15, 0.2) is 0 Å². The summed E-state index contributed by atoms with van der Waals surface area (Å²) in [6, 6.07) is 6.92. The van der Waals surface area contributed by atoms with Crippen molar-refractivity contribution >= 4 is 35.8 Å². The zero-order valence-corrected chi connectivity index (χ0v) is 15.0. The first-order chi connectivity index (χ1) is 11.1. The number of halogens is 2. The van der Waals surface area contributed by atoms with Crippen LogP contribution in [0.1, 0.15) is 29.6 Å². The van der Waals surface area contributed by atoms with Crippen LogP contribution in [-0.2, 0) is 4.79 Å². The predicted octanol–water partition coefficient (Wildman–Crippen LogP) is 2.00. The van der Waals surface area contributed by atoms with Crippen molar-refractivity contribution in [2.24, 2.45) is 11.3 Å². The van der Waals surface area contributed by atoms with Crippen LogP contribution >= 0.6 is 24.0 Å². The molecule has 1 aliphatic carbocycles. The minimum absolute atomic E-state index is 0. The Morgan fingerprint density at radius 2 is 1.83 bits per heavy atom. The molecule has 1 aromatic carbocycles. The third-order valence-electron chi connectivity index (χ3n) is 4.93. The highest BCUT2D eigenvalue weighted by atomic mass is 35.5. The van der Waals surface area contributed by atoms with Gasteiger partial charge in [0.2, 0.25) is 5.91 Å². The molecule has 2 aliphatic rings. The van der Waals surface area contributed by atoms with Crippen molar-refractivity contribution in [1.29, 1.82) is 0 Å². The summed E-state index contributed by atoms with van der Waals surface area (Å²) in [4.78, 5) is 24.2. The fourth-order valence-electron chi connectivity index (χ4n) is 3.42. The van der Waals surface area contributed by atoms with Crippen molar-refractivity contribution in [1.82, 2.24) is 16.0 Å². The van der Waals surface area contributed by atoms with Crippen LogP contribution in [0.2, 0.25) is 5.02 Å². The van der Waals surface area contributed by atoms with Crippen molar-refractivity contribution in [2.75, 3.05) is 26.2 Å². The van der Waals surface area contributed by atoms with Gasteiger partial charge < -0.3 is 16.0 Å². The van der Waals surface area contributed by atoms with Gasteiger partial charge in [0.05, 0.1) is 10.6 Å². The largest absolute Gasteiger partial charge is 0.354 e. The van der Waals surface area contributed by atoms with Crippen LogP contribution in [0.4, 0.5) is 0 Å². The van der Waals surface area contributed by atoms with E-state index in [0.717, 1.165) is 32.4 Å². The van der Waals surface area contributed by atoms with Crippen LogP contribution < -0.4 is 16.0 Å². The van der Waals surface area contributed by atoms with E-state index in [9.17, 15) is 9.59 Å². The molecule has 0 radical (unpaired) electrons. The van der Waals surface area contributed by atoms with Gasteiger partial charge in [-0.3, -0.25) is 9.59 Å². The van der Waals surface area contributed by atoms with Gasteiger partial charge in [0.25, 0.3) is 5.91 Å². The molecule has 24 heavy (non-hydrogen) atoms. The van der Waals surface area contributed by atoms with E-state index in [1.807, 2.05) is 0 Å². The first-order valence-electron chi connectivity index (χ1n) is 8.14. The summed E-state index contributed by atoms with van der Waals surface area (Å²) in [5, 5.41) is 9.47. The number of rotatable bonds is 5. The molecule has 132 valence electrons. The summed E-state index contributed by atoms with van der Waals surface area (Å²) in [7, 11) is 0. The first-order valence-corrected chi connectivity index (χ1v) is 8.51. The van der Waals surface area contributed by atoms with Crippen molar-refractivity contribution in [3.63, 3.8) is 0 Å². The van der Waals surface area contributed by atoms with Crippen LogP contribution in [-0.4, -0.2) is 38.0 Å². The van der Waals surface area contributed by atoms with E-state index in [1.165, 1.54) is 0 Å². The number of hydrogen-bond acceptors (Lipinski definition) is 3. The molecule has 0 aromatic heterocycles. The summed E-state index contributed by atoms with van der Waals surface area (Å²) in [5.74, 6) is 0.0638. The predicted molar refractivity (Wildman–Crippen MR) is 96.7 cm³/mol. The highest BCUT2D eigenvalue weighted by Crippen LogP contribution is 2.58. The van der Waals surface area contributed by atoms with Gasteiger partial charge in [-0.1, -0.05) is 23.7 Å². The summed E-state index contributed by atoms with van der Waals surface area (Å²) < 4.78 is 0. The van der Waals surface area contributed by atoms with Gasteiger partial charge >= 0.3 is 0 Å². The number of piperidine rings is 1. The molecule has 1 unspecified atom stereocenters. The number of nitrogens with one attached hydrogen (secondary N) is 3. The Hall–Kier alpha value is -1.30. The molecule has 3 rings (SSSR count). The summed E-state index contributed by atoms with van der Waals surface area (Å²) in [6.45, 7) is 2.87. The summed E-state index contributed by atoms with van der Waals surface area (Å²) in [5.41, 5.74) is 0.701. The van der Waals surface area contributed by atoms with Crippen LogP contribution in [0, 0.1) is 11.3 Å². The van der Waals surface area contributed by atoms with Gasteiger partial charge in [0, 0.05) is 19.0 Å². The quantitative estimate of drug-likeness (QED) is 0.693. The molecular weight excluding hydrogens is 349 g/mol. The monoisotopic (exact) mass is 371 g/mol. The average molecular weight is 372 g/mol. The molecule has 5 nitrogen and oxygen atoms in total. The van der Waals surface area contributed by atoms with Gasteiger partial charge in [-0.15, -0.1) is 12.4 Å². The minimum atomic E-state index is -0.217. The van der Waals surface area contributed by atoms with E-state index in [4.69, 9.17) is 11.6 Å². The van der Waals surface area contributed by atoms with Crippen LogP contribution in [0.15, 0.2) is 24.3 Å². The third-order valence-corrected chi connectivity index (χ3v) is 5.26. The molecule has 2 amide bonds. The number of benzene rings is 1. The molecule has 1 aliphatic heterocycles. The van der Waals surface area contributed by atoms with Gasteiger partial charge in [-0.25, -0.2) is 0 Å². The molecule has 1 aromatic rings. The Kier molecular flexibility index (Phi) is 6.49. The normalized spacial score (nSPS) is 20.8. The fraction of sp³-hybridized carbons (Fsp3) is 0.529. The SMILES string of the molecule is Cl.O=C(NCCNC(=O)C1CC12CCNCC2)c1ccccc1Cl. The van der Waals surface area contributed by atoms with Gasteiger partial charge in [0.1, 0.15) is 0 Å². The second-order valence-corrected chi connectivity index (χ2v) is 6.80. The van der Waals surface area contributed by atoms with E-state index in [-0.39, 0.29) is 35.6 Å². The fourth-order valence-corrected chi connectivity index (χ4v) is 3.64. The lowest BCUT2D eigenvalue weighted by Crippen LogP contribution is -2.37. The van der Waals surface area contributed by atoms with Crippen molar-refractivity contribution in [2.45, 2.75) is 19.3 Å². The molecule has 7 heteroatoms. The molecule has 1 spiro atoms. The third kappa shape index (κ3) is 4.21. The van der Waals surface area contributed by atoms with Crippen LogP contribution in [0.25, 0.3) is 0 Å². The van der Waals surface area contributed by atoms with E-state index in [0.29, 0.717) is 23.7 Å². The second-order valence-electron chi connectivity index (χ2n) is 6.40. The lowest BCUT2D eigenvalue weighted by Gasteiger charge is -2.23. The van der Waals surface area contributed by atoms with Crippen LogP contribution in [0.5, 0.6) is 0 Å². The maximum atomic E-state index is 12.2. The Bertz CT molecular complexity index is 603. The van der Waals surface area contributed by atoms with Gasteiger partial charge in [-0.05, 0) is 49.9 Å². The van der Waals surface area contributed by atoms with Crippen molar-refractivity contribution in [3.8, 4) is 0 Å². The Morgan fingerprint density at radius 1 is 1.17 bits per heavy atom. The molecular formula is C17H23Cl2N3O2. The maximum absolute atomic E-state index is 12.2. The van der Waals surface area contributed by atoms with Crippen LogP contribution in [0.3, 0.4) is 0 Å². The number of carbonyl (C=O) groups is 2. The standard InChI is InChI=1S/C17H22ClN3O2.ClH/c18-14-4-2-1-3-12(14)15(22)20-9-10-21-16(23)13-11-17(13)5-7-19-8-6-17;/h1-4,13,19H,5-11H2,(H,20,22)(H,21,23);1H. The van der Waals surface area contributed by atoms with E-state index >= 15 is 0 Å².